The Bertz CT molecular complexity index is 938. The maximum atomic E-state index is 13.1. The van der Waals surface area contributed by atoms with Gasteiger partial charge in [0.25, 0.3) is 0 Å². The number of carbonyl (C=O) groups is 4. The number of ether oxygens (including phenoxy) is 4. The second kappa shape index (κ2) is 8.43. The van der Waals surface area contributed by atoms with Crippen molar-refractivity contribution >= 4 is 23.9 Å². The van der Waals surface area contributed by atoms with Crippen LogP contribution in [0.5, 0.6) is 0 Å². The standard InChI is InChI=1S/C27H35NO8/c29-19(12-33-26(32)27-9-13-5-14(10-27)7-15(6-13)11-27)35-22-17-8-18-21(25(31)36-23(18)22)20(17)24(30)34-16-1-3-28-4-2-16/h13-18,20-23,28H,1-12H2. The van der Waals surface area contributed by atoms with E-state index < -0.39 is 48.0 Å². The lowest BCUT2D eigenvalue weighted by atomic mass is 9.49. The molecule has 2 heterocycles. The molecule has 0 aromatic rings. The Kier molecular flexibility index (Phi) is 5.38. The van der Waals surface area contributed by atoms with Gasteiger partial charge in [0, 0.05) is 11.8 Å². The fraction of sp³-hybridized carbons (Fsp3) is 0.852. The molecule has 6 saturated carbocycles. The molecule has 196 valence electrons. The zero-order valence-corrected chi connectivity index (χ0v) is 20.5. The fourth-order valence-electron chi connectivity index (χ4n) is 9.45. The van der Waals surface area contributed by atoms with Crippen molar-refractivity contribution in [3.63, 3.8) is 0 Å². The first-order chi connectivity index (χ1) is 17.4. The van der Waals surface area contributed by atoms with Crippen molar-refractivity contribution in [3.05, 3.63) is 0 Å². The van der Waals surface area contributed by atoms with Gasteiger partial charge in [0.15, 0.2) is 6.61 Å². The molecule has 36 heavy (non-hydrogen) atoms. The lowest BCUT2D eigenvalue weighted by molar-refractivity contribution is -0.182. The molecule has 6 aliphatic carbocycles. The predicted molar refractivity (Wildman–Crippen MR) is 122 cm³/mol. The van der Waals surface area contributed by atoms with Gasteiger partial charge in [0.05, 0.1) is 17.3 Å². The molecule has 1 N–H and O–H groups in total. The Balaban J connectivity index is 0.984. The number of piperidine rings is 1. The van der Waals surface area contributed by atoms with Crippen LogP contribution in [-0.4, -0.2) is 61.9 Å². The highest BCUT2D eigenvalue weighted by Gasteiger charge is 2.70. The Morgan fingerprint density at radius 3 is 2.25 bits per heavy atom. The monoisotopic (exact) mass is 501 g/mol. The Labute approximate surface area is 210 Å². The molecule has 8 rings (SSSR count). The molecule has 9 heteroatoms. The lowest BCUT2D eigenvalue weighted by Gasteiger charge is -2.55. The number of fused-ring (bicyclic) bond motifs is 1. The maximum absolute atomic E-state index is 13.1. The average molecular weight is 502 g/mol. The first kappa shape index (κ1) is 23.0. The van der Waals surface area contributed by atoms with Crippen molar-refractivity contribution in [1.82, 2.24) is 5.32 Å². The molecule has 2 saturated heterocycles. The summed E-state index contributed by atoms with van der Waals surface area (Å²) in [6, 6.07) is 0. The number of nitrogens with one attached hydrogen (secondary N) is 1. The van der Waals surface area contributed by atoms with E-state index in [1.165, 1.54) is 19.3 Å². The Morgan fingerprint density at radius 2 is 1.58 bits per heavy atom. The molecule has 0 amide bonds. The molecule has 8 aliphatic rings. The third-order valence-corrected chi connectivity index (χ3v) is 10.4. The first-order valence-corrected chi connectivity index (χ1v) is 13.9. The quantitative estimate of drug-likeness (QED) is 0.429. The van der Waals surface area contributed by atoms with Gasteiger partial charge in [-0.05, 0) is 88.6 Å². The number of rotatable bonds is 6. The van der Waals surface area contributed by atoms with E-state index in [1.807, 2.05) is 0 Å². The molecule has 6 unspecified atom stereocenters. The summed E-state index contributed by atoms with van der Waals surface area (Å²) in [7, 11) is 0. The molecule has 9 nitrogen and oxygen atoms in total. The van der Waals surface area contributed by atoms with Crippen LogP contribution < -0.4 is 5.32 Å². The van der Waals surface area contributed by atoms with Crippen LogP contribution in [0.2, 0.25) is 0 Å². The molecule has 0 spiro atoms. The number of hydrogen-bond donors (Lipinski definition) is 1. The van der Waals surface area contributed by atoms with Gasteiger partial charge in [-0.15, -0.1) is 0 Å². The van der Waals surface area contributed by atoms with Crippen molar-refractivity contribution in [3.8, 4) is 0 Å². The van der Waals surface area contributed by atoms with Crippen molar-refractivity contribution in [2.75, 3.05) is 19.7 Å². The summed E-state index contributed by atoms with van der Waals surface area (Å²) in [6.45, 7) is 1.15. The summed E-state index contributed by atoms with van der Waals surface area (Å²) in [5.74, 6) is -1.48. The minimum absolute atomic E-state index is 0.138. The van der Waals surface area contributed by atoms with Crippen molar-refractivity contribution < 1.29 is 38.1 Å². The summed E-state index contributed by atoms with van der Waals surface area (Å²) in [4.78, 5) is 51.6. The van der Waals surface area contributed by atoms with E-state index in [9.17, 15) is 19.2 Å². The number of carbonyl (C=O) groups excluding carboxylic acids is 4. The summed E-state index contributed by atoms with van der Waals surface area (Å²) in [5.41, 5.74) is -0.431. The van der Waals surface area contributed by atoms with Crippen LogP contribution in [-0.2, 0) is 38.1 Å². The zero-order chi connectivity index (χ0) is 24.6. The van der Waals surface area contributed by atoms with Crippen molar-refractivity contribution in [2.45, 2.75) is 76.1 Å². The third kappa shape index (κ3) is 3.59. The predicted octanol–water partition coefficient (Wildman–Crippen LogP) is 1.76. The maximum Gasteiger partial charge on any atom is 0.344 e. The van der Waals surface area contributed by atoms with Crippen LogP contribution in [0.25, 0.3) is 0 Å². The Morgan fingerprint density at radius 1 is 0.917 bits per heavy atom. The van der Waals surface area contributed by atoms with E-state index in [-0.39, 0.29) is 29.9 Å². The summed E-state index contributed by atoms with van der Waals surface area (Å²) in [6.07, 6.45) is 7.00. The third-order valence-electron chi connectivity index (χ3n) is 10.4. The SMILES string of the molecule is O=C(COC(=O)C12CC3CC(CC(C3)C1)C2)OC1C2CC3C1OC(=O)C3C2C(=O)OC1CCNCC1. The second-order valence-electron chi connectivity index (χ2n) is 12.6. The molecule has 6 atom stereocenters. The van der Waals surface area contributed by atoms with Crippen LogP contribution in [0, 0.1) is 46.8 Å². The van der Waals surface area contributed by atoms with Crippen LogP contribution in [0.15, 0.2) is 0 Å². The minimum atomic E-state index is -0.700. The highest BCUT2D eigenvalue weighted by atomic mass is 16.6. The highest BCUT2D eigenvalue weighted by molar-refractivity contribution is 5.86. The van der Waals surface area contributed by atoms with E-state index >= 15 is 0 Å². The zero-order valence-electron chi connectivity index (χ0n) is 20.5. The second-order valence-corrected chi connectivity index (χ2v) is 12.6. The van der Waals surface area contributed by atoms with Gasteiger partial charge in [0.2, 0.25) is 0 Å². The van der Waals surface area contributed by atoms with Gasteiger partial charge in [0.1, 0.15) is 18.3 Å². The smallest absolute Gasteiger partial charge is 0.344 e. The average Bonchev–Trinajstić information content (AvgIpc) is 3.46. The molecular weight excluding hydrogens is 466 g/mol. The molecule has 0 radical (unpaired) electrons. The van der Waals surface area contributed by atoms with E-state index in [0.717, 1.165) is 45.2 Å². The molecule has 0 aromatic heterocycles. The van der Waals surface area contributed by atoms with Crippen LogP contribution in [0.3, 0.4) is 0 Å². The van der Waals surface area contributed by atoms with E-state index in [0.29, 0.717) is 24.2 Å². The van der Waals surface area contributed by atoms with Gasteiger partial charge in [-0.2, -0.15) is 0 Å². The molecule has 0 aromatic carbocycles. The first-order valence-electron chi connectivity index (χ1n) is 13.9. The van der Waals surface area contributed by atoms with Crippen molar-refractivity contribution in [2.24, 2.45) is 46.8 Å². The van der Waals surface area contributed by atoms with Gasteiger partial charge in [-0.25, -0.2) is 4.79 Å². The van der Waals surface area contributed by atoms with E-state index in [1.54, 1.807) is 0 Å². The van der Waals surface area contributed by atoms with Crippen LogP contribution in [0.1, 0.15) is 57.8 Å². The number of hydrogen-bond acceptors (Lipinski definition) is 9. The summed E-state index contributed by atoms with van der Waals surface area (Å²) < 4.78 is 22.6. The topological polar surface area (TPSA) is 117 Å². The van der Waals surface area contributed by atoms with Crippen molar-refractivity contribution in [1.29, 1.82) is 0 Å². The molecule has 8 fully saturated rings. The van der Waals surface area contributed by atoms with Crippen LogP contribution >= 0.6 is 0 Å². The van der Waals surface area contributed by atoms with Gasteiger partial charge >= 0.3 is 23.9 Å². The molecule has 6 bridgehead atoms. The number of esters is 4. The van der Waals surface area contributed by atoms with E-state index in [2.05, 4.69) is 5.32 Å². The normalized spacial score (nSPS) is 46.0. The minimum Gasteiger partial charge on any atom is -0.462 e. The van der Waals surface area contributed by atoms with Gasteiger partial charge in [-0.3, -0.25) is 14.4 Å². The Hall–Kier alpha value is -2.16. The van der Waals surface area contributed by atoms with Gasteiger partial charge < -0.3 is 24.3 Å². The van der Waals surface area contributed by atoms with E-state index in [4.69, 9.17) is 18.9 Å². The van der Waals surface area contributed by atoms with Crippen LogP contribution in [0.4, 0.5) is 0 Å². The largest absolute Gasteiger partial charge is 0.462 e. The molecule has 2 aliphatic heterocycles. The summed E-state index contributed by atoms with van der Waals surface area (Å²) in [5, 5.41) is 3.24. The molecular formula is C27H35NO8. The summed E-state index contributed by atoms with van der Waals surface area (Å²) >= 11 is 0. The fourth-order valence-corrected chi connectivity index (χ4v) is 9.45. The lowest BCUT2D eigenvalue weighted by Crippen LogP contribution is -2.51. The highest BCUT2D eigenvalue weighted by Crippen LogP contribution is 2.61. The van der Waals surface area contributed by atoms with Gasteiger partial charge in [-0.1, -0.05) is 0 Å².